The molecule has 0 aromatic rings. The third-order valence-electron chi connectivity index (χ3n) is 1.21. The number of nitrogens with one attached hydrogen (secondary N) is 1. The molecule has 1 saturated heterocycles. The van der Waals surface area contributed by atoms with E-state index in [-0.39, 0.29) is 6.15 Å². The predicted molar refractivity (Wildman–Crippen MR) is 43.4 cm³/mol. The van der Waals surface area contributed by atoms with Crippen molar-refractivity contribution >= 4 is 18.8 Å². The molecular weight excluding hydrogens is 354 g/mol. The van der Waals surface area contributed by atoms with Crippen LogP contribution in [0.15, 0.2) is 0 Å². The molecule has 1 heterocycles. The van der Waals surface area contributed by atoms with Crippen LogP contribution in [0.4, 0.5) is 0 Å². The molecule has 10 heavy (non-hydrogen) atoms. The Hall–Kier alpha value is 1.19. The zero-order valence-electron chi connectivity index (χ0n) is 5.81. The van der Waals surface area contributed by atoms with Gasteiger partial charge in [-0.1, -0.05) is 6.42 Å². The number of rotatable bonds is 0. The first kappa shape index (κ1) is 13.8. The van der Waals surface area contributed by atoms with Crippen molar-refractivity contribution in [3.05, 3.63) is 0 Å². The summed E-state index contributed by atoms with van der Waals surface area (Å²) >= 11 is -0.472. The Bertz CT molecular complexity index is 41.4. The molecule has 2 nitrogen and oxygen atoms in total. The molecule has 0 amide bonds. The Morgan fingerprint density at radius 3 is 1.50 bits per heavy atom. The van der Waals surface area contributed by atoms with Crippen LogP contribution in [0.3, 0.4) is 0 Å². The van der Waals surface area contributed by atoms with Gasteiger partial charge in [-0.25, -0.2) is 0 Å². The van der Waals surface area contributed by atoms with Gasteiger partial charge in [0.25, 0.3) is 0 Å². The van der Waals surface area contributed by atoms with Crippen LogP contribution in [0.25, 0.3) is 0 Å². The SMILES string of the molecule is C1CCNCC1.N.[Cl][Pt][Cl]. The van der Waals surface area contributed by atoms with Crippen molar-refractivity contribution in [3.8, 4) is 0 Å². The fourth-order valence-corrected chi connectivity index (χ4v) is 0.802. The van der Waals surface area contributed by atoms with Crippen molar-refractivity contribution in [1.82, 2.24) is 11.5 Å². The third kappa shape index (κ3) is 11.9. The van der Waals surface area contributed by atoms with Crippen LogP contribution in [0.5, 0.6) is 0 Å². The molecule has 0 radical (unpaired) electrons. The minimum absolute atomic E-state index is 0. The Balaban J connectivity index is 0. The van der Waals surface area contributed by atoms with Crippen LogP contribution >= 0.6 is 18.8 Å². The van der Waals surface area contributed by atoms with Crippen molar-refractivity contribution in [3.63, 3.8) is 0 Å². The van der Waals surface area contributed by atoms with Gasteiger partial charge in [0.05, 0.1) is 0 Å². The molecular formula is C5H14Cl2N2Pt. The van der Waals surface area contributed by atoms with Gasteiger partial charge in [-0.05, 0) is 25.9 Å². The topological polar surface area (TPSA) is 47.0 Å². The normalized spacial score (nSPS) is 16.6. The van der Waals surface area contributed by atoms with E-state index in [1.54, 1.807) is 0 Å². The Morgan fingerprint density at radius 2 is 1.40 bits per heavy atom. The first-order valence-corrected chi connectivity index (χ1v) is 8.58. The summed E-state index contributed by atoms with van der Waals surface area (Å²) in [5, 5.41) is 3.28. The zero-order chi connectivity index (χ0) is 6.95. The van der Waals surface area contributed by atoms with E-state index in [2.05, 4.69) is 5.32 Å². The monoisotopic (exact) mass is 367 g/mol. The molecule has 1 aliphatic rings. The number of halogens is 2. The van der Waals surface area contributed by atoms with Gasteiger partial charge in [-0.3, -0.25) is 0 Å². The summed E-state index contributed by atoms with van der Waals surface area (Å²) in [5.74, 6) is 0. The van der Waals surface area contributed by atoms with E-state index in [4.69, 9.17) is 18.8 Å². The van der Waals surface area contributed by atoms with Crippen molar-refractivity contribution in [2.45, 2.75) is 19.3 Å². The summed E-state index contributed by atoms with van der Waals surface area (Å²) in [5.41, 5.74) is 0. The maximum atomic E-state index is 4.88. The van der Waals surface area contributed by atoms with E-state index in [0.29, 0.717) is 0 Å². The molecule has 0 aliphatic carbocycles. The summed E-state index contributed by atoms with van der Waals surface area (Å²) < 4.78 is 0. The average molecular weight is 368 g/mol. The second-order valence-corrected chi connectivity index (χ2v) is 5.14. The van der Waals surface area contributed by atoms with E-state index < -0.39 is 16.5 Å². The second kappa shape index (κ2) is 12.8. The van der Waals surface area contributed by atoms with E-state index in [9.17, 15) is 0 Å². The van der Waals surface area contributed by atoms with Crippen molar-refractivity contribution < 1.29 is 16.5 Å². The maximum absolute atomic E-state index is 4.88. The predicted octanol–water partition coefficient (Wildman–Crippen LogP) is 2.30. The third-order valence-corrected chi connectivity index (χ3v) is 1.21. The van der Waals surface area contributed by atoms with Gasteiger partial charge in [0.1, 0.15) is 0 Å². The zero-order valence-corrected chi connectivity index (χ0v) is 9.60. The standard InChI is InChI=1S/C5H11N.2ClH.H3N.Pt/c1-2-4-6-5-3-1;;;;/h6H,1-5H2;2*1H;1H3;/q;;;;+2/p-2. The Kier molecular flexibility index (Phi) is 17.6. The molecule has 5 heteroatoms. The molecule has 1 aliphatic heterocycles. The van der Waals surface area contributed by atoms with Gasteiger partial charge in [0.2, 0.25) is 0 Å². The van der Waals surface area contributed by atoms with Crippen molar-refractivity contribution in [1.29, 1.82) is 0 Å². The summed E-state index contributed by atoms with van der Waals surface area (Å²) in [7, 11) is 9.75. The van der Waals surface area contributed by atoms with E-state index in [1.165, 1.54) is 32.4 Å². The van der Waals surface area contributed by atoms with Crippen LogP contribution in [0.1, 0.15) is 19.3 Å². The summed E-state index contributed by atoms with van der Waals surface area (Å²) in [6.45, 7) is 2.50. The van der Waals surface area contributed by atoms with Crippen LogP contribution in [-0.2, 0) is 16.5 Å². The van der Waals surface area contributed by atoms with Crippen LogP contribution in [0.2, 0.25) is 0 Å². The fourth-order valence-electron chi connectivity index (χ4n) is 0.802. The van der Waals surface area contributed by atoms with E-state index in [1.807, 2.05) is 0 Å². The molecule has 1 rings (SSSR count). The molecule has 0 saturated carbocycles. The van der Waals surface area contributed by atoms with Gasteiger partial charge < -0.3 is 11.5 Å². The molecule has 0 spiro atoms. The second-order valence-electron chi connectivity index (χ2n) is 1.86. The van der Waals surface area contributed by atoms with E-state index >= 15 is 0 Å². The molecule has 0 unspecified atom stereocenters. The average Bonchev–Trinajstić information content (AvgIpc) is 1.93. The van der Waals surface area contributed by atoms with Crippen molar-refractivity contribution in [2.24, 2.45) is 0 Å². The van der Waals surface area contributed by atoms with Gasteiger partial charge >= 0.3 is 35.3 Å². The minimum atomic E-state index is -0.472. The van der Waals surface area contributed by atoms with Gasteiger partial charge in [-0.2, -0.15) is 0 Å². The first-order valence-electron chi connectivity index (χ1n) is 2.95. The van der Waals surface area contributed by atoms with Crippen LogP contribution < -0.4 is 11.5 Å². The van der Waals surface area contributed by atoms with Crippen LogP contribution in [0, 0.1) is 0 Å². The molecule has 4 N–H and O–H groups in total. The summed E-state index contributed by atoms with van der Waals surface area (Å²) in [6.07, 6.45) is 4.22. The quantitative estimate of drug-likeness (QED) is 0.690. The van der Waals surface area contributed by atoms with Gasteiger partial charge in [0, 0.05) is 0 Å². The van der Waals surface area contributed by atoms with Gasteiger partial charge in [-0.15, -0.1) is 0 Å². The number of piperidine rings is 1. The molecule has 68 valence electrons. The molecule has 0 aromatic heterocycles. The summed E-state index contributed by atoms with van der Waals surface area (Å²) in [4.78, 5) is 0. The fraction of sp³-hybridized carbons (Fsp3) is 1.00. The van der Waals surface area contributed by atoms with Gasteiger partial charge in [0.15, 0.2) is 0 Å². The Morgan fingerprint density at radius 1 is 1.00 bits per heavy atom. The van der Waals surface area contributed by atoms with Crippen LogP contribution in [-0.4, -0.2) is 13.1 Å². The number of hydrogen-bond acceptors (Lipinski definition) is 2. The van der Waals surface area contributed by atoms with Crippen molar-refractivity contribution in [2.75, 3.05) is 13.1 Å². The van der Waals surface area contributed by atoms with E-state index in [0.717, 1.165) is 0 Å². The molecule has 0 aromatic carbocycles. The molecule has 0 bridgehead atoms. The molecule has 1 fully saturated rings. The number of hydrogen-bond donors (Lipinski definition) is 2. The summed E-state index contributed by atoms with van der Waals surface area (Å²) in [6, 6.07) is 0. The first-order chi connectivity index (χ1) is 4.41. The Labute approximate surface area is 79.0 Å². The molecule has 0 atom stereocenters.